The van der Waals surface area contributed by atoms with Crippen LogP contribution in [0.1, 0.15) is 12.8 Å². The van der Waals surface area contributed by atoms with Crippen molar-refractivity contribution in [2.24, 2.45) is 5.92 Å². The fraction of sp³-hybridized carbons (Fsp3) is 0.385. The van der Waals surface area contributed by atoms with E-state index in [0.717, 1.165) is 12.1 Å². The molecule has 4 heteroatoms. The molecule has 4 nitrogen and oxygen atoms in total. The largest absolute Gasteiger partial charge is 0.468 e. The van der Waals surface area contributed by atoms with Gasteiger partial charge in [-0.25, -0.2) is 0 Å². The highest BCUT2D eigenvalue weighted by Crippen LogP contribution is 2.24. The Labute approximate surface area is 100 Å². The molecule has 1 aliphatic rings. The number of methoxy groups -OCH3 is 1. The summed E-state index contributed by atoms with van der Waals surface area (Å²) in [6, 6.07) is 9.40. The second-order valence-corrected chi connectivity index (χ2v) is 4.04. The zero-order valence-electron chi connectivity index (χ0n) is 9.76. The molecule has 1 aromatic rings. The molecule has 1 atom stereocenters. The van der Waals surface area contributed by atoms with E-state index in [2.05, 4.69) is 4.74 Å². The van der Waals surface area contributed by atoms with Crippen LogP contribution in [-0.4, -0.2) is 25.5 Å². The molecule has 1 heterocycles. The third-order valence-corrected chi connectivity index (χ3v) is 2.99. The quantitative estimate of drug-likeness (QED) is 0.576. The zero-order chi connectivity index (χ0) is 12.3. The lowest BCUT2D eigenvalue weighted by atomic mass is 9.96. The molecule has 2 rings (SSSR count). The number of esters is 1. The Balaban J connectivity index is 2.20. The van der Waals surface area contributed by atoms with Crippen LogP contribution in [0.15, 0.2) is 30.3 Å². The van der Waals surface area contributed by atoms with Crippen molar-refractivity contribution in [3.05, 3.63) is 30.3 Å². The van der Waals surface area contributed by atoms with Gasteiger partial charge in [-0.1, -0.05) is 18.2 Å². The van der Waals surface area contributed by atoms with Gasteiger partial charge in [-0.05, 0) is 25.0 Å². The molecule has 1 aliphatic heterocycles. The minimum absolute atomic E-state index is 0.158. The van der Waals surface area contributed by atoms with E-state index in [9.17, 15) is 9.59 Å². The molecule has 0 radical (unpaired) electrons. The number of nitrogens with zero attached hydrogens (tertiary/aromatic N) is 1. The molecule has 1 amide bonds. The molecule has 1 fully saturated rings. The Morgan fingerprint density at radius 3 is 2.71 bits per heavy atom. The monoisotopic (exact) mass is 233 g/mol. The van der Waals surface area contributed by atoms with Crippen molar-refractivity contribution < 1.29 is 14.3 Å². The Morgan fingerprint density at radius 2 is 2.06 bits per heavy atom. The van der Waals surface area contributed by atoms with Crippen LogP contribution in [0.3, 0.4) is 0 Å². The van der Waals surface area contributed by atoms with Gasteiger partial charge in [0, 0.05) is 12.2 Å². The number of para-hydroxylation sites is 1. The maximum atomic E-state index is 12.2. The number of piperidine rings is 1. The maximum Gasteiger partial charge on any atom is 0.318 e. The van der Waals surface area contributed by atoms with E-state index in [1.807, 2.05) is 30.3 Å². The zero-order valence-corrected chi connectivity index (χ0v) is 9.76. The van der Waals surface area contributed by atoms with E-state index in [1.54, 1.807) is 4.90 Å². The number of hydrogen-bond acceptors (Lipinski definition) is 3. The molecule has 0 aliphatic carbocycles. The number of anilines is 1. The van der Waals surface area contributed by atoms with Gasteiger partial charge in [0.15, 0.2) is 0 Å². The van der Waals surface area contributed by atoms with Gasteiger partial charge >= 0.3 is 5.97 Å². The SMILES string of the molecule is COC(=O)C1CCCN(c2ccccc2)C1=O. The van der Waals surface area contributed by atoms with Crippen LogP contribution in [0.25, 0.3) is 0 Å². The van der Waals surface area contributed by atoms with E-state index in [1.165, 1.54) is 7.11 Å². The molecule has 0 spiro atoms. The minimum atomic E-state index is -0.644. The average molecular weight is 233 g/mol. The molecule has 1 aromatic carbocycles. The first-order chi connectivity index (χ1) is 8.24. The number of ether oxygens (including phenoxy) is 1. The molecular weight excluding hydrogens is 218 g/mol. The van der Waals surface area contributed by atoms with Crippen molar-refractivity contribution in [1.82, 2.24) is 0 Å². The minimum Gasteiger partial charge on any atom is -0.468 e. The molecule has 17 heavy (non-hydrogen) atoms. The Morgan fingerprint density at radius 1 is 1.35 bits per heavy atom. The summed E-state index contributed by atoms with van der Waals surface area (Å²) < 4.78 is 4.66. The predicted octanol–water partition coefficient (Wildman–Crippen LogP) is 1.60. The summed E-state index contributed by atoms with van der Waals surface area (Å²) in [5.74, 6) is -1.24. The van der Waals surface area contributed by atoms with Crippen molar-refractivity contribution in [1.29, 1.82) is 0 Å². The topological polar surface area (TPSA) is 46.6 Å². The normalized spacial score (nSPS) is 20.2. The summed E-state index contributed by atoms with van der Waals surface area (Å²) in [5, 5.41) is 0. The molecule has 1 saturated heterocycles. The van der Waals surface area contributed by atoms with Crippen LogP contribution in [0, 0.1) is 5.92 Å². The lowest BCUT2D eigenvalue weighted by molar-refractivity contribution is -0.150. The van der Waals surface area contributed by atoms with Gasteiger partial charge in [0.1, 0.15) is 5.92 Å². The van der Waals surface area contributed by atoms with E-state index in [0.29, 0.717) is 13.0 Å². The second-order valence-electron chi connectivity index (χ2n) is 4.04. The smallest absolute Gasteiger partial charge is 0.318 e. The van der Waals surface area contributed by atoms with Crippen molar-refractivity contribution >= 4 is 17.6 Å². The molecular formula is C13H15NO3. The summed E-state index contributed by atoms with van der Waals surface area (Å²) >= 11 is 0. The molecule has 1 unspecified atom stereocenters. The maximum absolute atomic E-state index is 12.2. The van der Waals surface area contributed by atoms with E-state index in [4.69, 9.17) is 0 Å². The fourth-order valence-electron chi connectivity index (χ4n) is 2.10. The average Bonchev–Trinajstić information content (AvgIpc) is 2.39. The van der Waals surface area contributed by atoms with Gasteiger partial charge in [-0.15, -0.1) is 0 Å². The van der Waals surface area contributed by atoms with Crippen LogP contribution in [0.4, 0.5) is 5.69 Å². The van der Waals surface area contributed by atoms with Crippen molar-refractivity contribution in [3.63, 3.8) is 0 Å². The van der Waals surface area contributed by atoms with Gasteiger partial charge < -0.3 is 9.64 Å². The lowest BCUT2D eigenvalue weighted by Gasteiger charge is -2.30. The van der Waals surface area contributed by atoms with Crippen molar-refractivity contribution in [3.8, 4) is 0 Å². The fourth-order valence-corrected chi connectivity index (χ4v) is 2.10. The lowest BCUT2D eigenvalue weighted by Crippen LogP contribution is -2.44. The number of amides is 1. The van der Waals surface area contributed by atoms with E-state index >= 15 is 0 Å². The summed E-state index contributed by atoms with van der Waals surface area (Å²) in [6.45, 7) is 0.663. The number of benzene rings is 1. The van der Waals surface area contributed by atoms with Crippen LogP contribution in [-0.2, 0) is 14.3 Å². The Bertz CT molecular complexity index is 416. The van der Waals surface area contributed by atoms with Crippen LogP contribution in [0.5, 0.6) is 0 Å². The van der Waals surface area contributed by atoms with Gasteiger partial charge in [-0.3, -0.25) is 9.59 Å². The molecule has 90 valence electrons. The van der Waals surface area contributed by atoms with Gasteiger partial charge in [0.05, 0.1) is 7.11 Å². The van der Waals surface area contributed by atoms with Gasteiger partial charge in [-0.2, -0.15) is 0 Å². The van der Waals surface area contributed by atoms with E-state index < -0.39 is 11.9 Å². The van der Waals surface area contributed by atoms with Crippen LogP contribution >= 0.6 is 0 Å². The number of rotatable bonds is 2. The third-order valence-electron chi connectivity index (χ3n) is 2.99. The summed E-state index contributed by atoms with van der Waals surface area (Å²) in [4.78, 5) is 25.3. The third kappa shape index (κ3) is 2.30. The molecule has 0 bridgehead atoms. The Kier molecular flexibility index (Phi) is 3.42. The molecule has 0 N–H and O–H groups in total. The highest BCUT2D eigenvalue weighted by atomic mass is 16.5. The summed E-state index contributed by atoms with van der Waals surface area (Å²) in [7, 11) is 1.32. The van der Waals surface area contributed by atoms with Gasteiger partial charge in [0.2, 0.25) is 5.91 Å². The van der Waals surface area contributed by atoms with Crippen molar-refractivity contribution in [2.45, 2.75) is 12.8 Å². The van der Waals surface area contributed by atoms with E-state index in [-0.39, 0.29) is 5.91 Å². The highest BCUT2D eigenvalue weighted by molar-refractivity contribution is 6.06. The first-order valence-electron chi connectivity index (χ1n) is 5.68. The first kappa shape index (κ1) is 11.6. The van der Waals surface area contributed by atoms with Crippen LogP contribution < -0.4 is 4.90 Å². The number of carbonyl (C=O) groups is 2. The predicted molar refractivity (Wildman–Crippen MR) is 63.5 cm³/mol. The summed E-state index contributed by atoms with van der Waals surface area (Å²) in [6.07, 6.45) is 1.40. The van der Waals surface area contributed by atoms with Crippen molar-refractivity contribution in [2.75, 3.05) is 18.6 Å². The molecule has 0 aromatic heterocycles. The second kappa shape index (κ2) is 4.99. The number of hydrogen-bond donors (Lipinski definition) is 0. The standard InChI is InChI=1S/C13H15NO3/c1-17-13(16)11-8-5-9-14(12(11)15)10-6-3-2-4-7-10/h2-4,6-7,11H,5,8-9H2,1H3. The summed E-state index contributed by atoms with van der Waals surface area (Å²) in [5.41, 5.74) is 0.839. The highest BCUT2D eigenvalue weighted by Gasteiger charge is 2.35. The Hall–Kier alpha value is -1.84. The van der Waals surface area contributed by atoms with Crippen LogP contribution in [0.2, 0.25) is 0 Å². The number of carbonyl (C=O) groups excluding carboxylic acids is 2. The molecule has 0 saturated carbocycles. The van der Waals surface area contributed by atoms with Gasteiger partial charge in [0.25, 0.3) is 0 Å². The first-order valence-corrected chi connectivity index (χ1v) is 5.68.